The van der Waals surface area contributed by atoms with Gasteiger partial charge in [-0.05, 0) is 151 Å². The Kier molecular flexibility index (Phi) is 7.53. The number of rotatable bonds is 3. The topological polar surface area (TPSA) is 0 Å². The van der Waals surface area contributed by atoms with Crippen LogP contribution < -0.4 is 0 Å². The maximum Gasteiger partial charge on any atom is 0.0238 e. The predicted molar refractivity (Wildman–Crippen MR) is 257 cm³/mol. The first-order valence-electron chi connectivity index (χ1n) is 21.1. The van der Waals surface area contributed by atoms with Crippen LogP contribution in [0.25, 0.3) is 98.4 Å². The standard InChI is InChI=1S/C59H38S/c1-2-12-43-41(11-1)34-53(37-23-21-36(22-24-37)38-25-26-42-35-60-57-20-10-9-16-49(57)54(42)31-38)48-30-28-39(32-55(43)48)40-27-29-47-46-15-5-7-18-51(46)58-50-17-6-3-13-44(50)45-14-4-8-19-52(45)59(58)56(47)33-40/h1-33,53H,34-35H2. The van der Waals surface area contributed by atoms with Crippen LogP contribution in [0.5, 0.6) is 0 Å². The number of fused-ring (bicyclic) bond motifs is 17. The highest BCUT2D eigenvalue weighted by atomic mass is 32.2. The normalized spacial score (nSPS) is 14.3. The Morgan fingerprint density at radius 1 is 0.333 bits per heavy atom. The Hall–Kier alpha value is -6.93. The Morgan fingerprint density at radius 2 is 0.850 bits per heavy atom. The van der Waals surface area contributed by atoms with Crippen molar-refractivity contribution in [2.45, 2.75) is 23.0 Å². The number of hydrogen-bond acceptors (Lipinski definition) is 1. The van der Waals surface area contributed by atoms with Crippen molar-refractivity contribution < 1.29 is 0 Å². The van der Waals surface area contributed by atoms with Gasteiger partial charge in [0, 0.05) is 16.6 Å². The minimum absolute atomic E-state index is 0.275. The molecule has 1 atom stereocenters. The summed E-state index contributed by atoms with van der Waals surface area (Å²) in [5.74, 6) is 1.30. The fraction of sp³-hybridized carbons (Fsp3) is 0.0508. The van der Waals surface area contributed by atoms with Crippen molar-refractivity contribution in [2.24, 2.45) is 0 Å². The average Bonchev–Trinajstić information content (AvgIpc) is 3.33. The van der Waals surface area contributed by atoms with Gasteiger partial charge in [-0.15, -0.1) is 11.8 Å². The minimum Gasteiger partial charge on any atom is -0.121 e. The highest BCUT2D eigenvalue weighted by Crippen LogP contribution is 2.48. The van der Waals surface area contributed by atoms with E-state index in [1.54, 1.807) is 0 Å². The second kappa shape index (κ2) is 13.3. The van der Waals surface area contributed by atoms with Crippen LogP contribution in [0.15, 0.2) is 205 Å². The third-order valence-corrected chi connectivity index (χ3v) is 14.6. The maximum atomic E-state index is 2.47. The van der Waals surface area contributed by atoms with Crippen molar-refractivity contribution in [3.8, 4) is 44.5 Å². The molecule has 1 heteroatoms. The molecule has 0 aromatic heterocycles. The van der Waals surface area contributed by atoms with Gasteiger partial charge in [0.1, 0.15) is 0 Å². The molecule has 0 saturated heterocycles. The molecule has 60 heavy (non-hydrogen) atoms. The van der Waals surface area contributed by atoms with E-state index in [0.717, 1.165) is 12.2 Å². The zero-order valence-electron chi connectivity index (χ0n) is 33.0. The molecule has 11 aromatic rings. The highest BCUT2D eigenvalue weighted by Gasteiger charge is 2.27. The van der Waals surface area contributed by atoms with Gasteiger partial charge in [-0.2, -0.15) is 0 Å². The van der Waals surface area contributed by atoms with E-state index in [2.05, 4.69) is 200 Å². The van der Waals surface area contributed by atoms with E-state index in [-0.39, 0.29) is 5.92 Å². The summed E-state index contributed by atoms with van der Waals surface area (Å²) in [6.45, 7) is 0. The summed E-state index contributed by atoms with van der Waals surface area (Å²) in [6, 6.07) is 75.7. The van der Waals surface area contributed by atoms with Crippen molar-refractivity contribution in [1.82, 2.24) is 0 Å². The molecule has 13 rings (SSSR count). The molecule has 1 heterocycles. The first-order chi connectivity index (χ1) is 29.7. The van der Waals surface area contributed by atoms with Crippen molar-refractivity contribution in [3.63, 3.8) is 0 Å². The molecule has 2 aliphatic rings. The SMILES string of the molecule is c1ccc2c(c1)CC(c1ccc(-c3ccc4c(c3)-c3ccccc3SC4)cc1)c1ccc(-c3ccc4c5ccccc5c5c6ccccc6c6ccccc6c5c4c3)cc1-2. The third-order valence-electron chi connectivity index (χ3n) is 13.5. The van der Waals surface area contributed by atoms with Gasteiger partial charge in [-0.3, -0.25) is 0 Å². The van der Waals surface area contributed by atoms with Crippen molar-refractivity contribution in [1.29, 1.82) is 0 Å². The van der Waals surface area contributed by atoms with Crippen molar-refractivity contribution in [2.75, 3.05) is 0 Å². The molecule has 1 aliphatic heterocycles. The summed E-state index contributed by atoms with van der Waals surface area (Å²) in [6.07, 6.45) is 0.991. The summed E-state index contributed by atoms with van der Waals surface area (Å²) >= 11 is 1.94. The molecule has 0 fully saturated rings. The predicted octanol–water partition coefficient (Wildman–Crippen LogP) is 16.4. The van der Waals surface area contributed by atoms with Gasteiger partial charge in [-0.1, -0.05) is 176 Å². The maximum absolute atomic E-state index is 2.47. The quantitative estimate of drug-likeness (QED) is 0.161. The Morgan fingerprint density at radius 3 is 1.58 bits per heavy atom. The zero-order chi connectivity index (χ0) is 39.3. The fourth-order valence-corrected chi connectivity index (χ4v) is 11.7. The fourth-order valence-electron chi connectivity index (χ4n) is 10.7. The van der Waals surface area contributed by atoms with Crippen LogP contribution >= 0.6 is 11.8 Å². The molecule has 0 bridgehead atoms. The zero-order valence-corrected chi connectivity index (χ0v) is 33.8. The smallest absolute Gasteiger partial charge is 0.0238 e. The first kappa shape index (κ1) is 34.0. The average molecular weight is 779 g/mol. The largest absolute Gasteiger partial charge is 0.121 e. The lowest BCUT2D eigenvalue weighted by atomic mass is 9.75. The summed E-state index contributed by atoms with van der Waals surface area (Å²) in [7, 11) is 0. The lowest BCUT2D eigenvalue weighted by molar-refractivity contribution is 0.794. The molecule has 0 radical (unpaired) electrons. The Labute approximate surface area is 353 Å². The van der Waals surface area contributed by atoms with Crippen LogP contribution in [-0.4, -0.2) is 0 Å². The first-order valence-corrected chi connectivity index (χ1v) is 22.1. The minimum atomic E-state index is 0.275. The summed E-state index contributed by atoms with van der Waals surface area (Å²) < 4.78 is 0. The molecule has 0 amide bonds. The van der Waals surface area contributed by atoms with Crippen LogP contribution in [-0.2, 0) is 12.2 Å². The van der Waals surface area contributed by atoms with Gasteiger partial charge in [0.05, 0.1) is 0 Å². The van der Waals surface area contributed by atoms with Crippen LogP contribution in [0.1, 0.15) is 28.2 Å². The molecular weight excluding hydrogens is 741 g/mol. The van der Waals surface area contributed by atoms with Gasteiger partial charge in [0.2, 0.25) is 0 Å². The molecular formula is C59H38S. The highest BCUT2D eigenvalue weighted by molar-refractivity contribution is 7.98. The van der Waals surface area contributed by atoms with E-state index in [4.69, 9.17) is 0 Å². The van der Waals surface area contributed by atoms with Crippen LogP contribution in [0.4, 0.5) is 0 Å². The summed E-state index contributed by atoms with van der Waals surface area (Å²) in [4.78, 5) is 1.38. The van der Waals surface area contributed by atoms with Gasteiger partial charge >= 0.3 is 0 Å². The third kappa shape index (κ3) is 5.12. The summed E-state index contributed by atoms with van der Waals surface area (Å²) in [5, 5.41) is 13.1. The van der Waals surface area contributed by atoms with E-state index in [9.17, 15) is 0 Å². The molecule has 11 aromatic carbocycles. The Balaban J connectivity index is 0.942. The van der Waals surface area contributed by atoms with Gasteiger partial charge in [0.25, 0.3) is 0 Å². The van der Waals surface area contributed by atoms with Gasteiger partial charge in [0.15, 0.2) is 0 Å². The van der Waals surface area contributed by atoms with Crippen LogP contribution in [0.3, 0.4) is 0 Å². The molecule has 0 nitrogen and oxygen atoms in total. The van der Waals surface area contributed by atoms with Crippen LogP contribution in [0, 0.1) is 0 Å². The van der Waals surface area contributed by atoms with Crippen molar-refractivity contribution in [3.05, 3.63) is 222 Å². The number of benzene rings is 11. The van der Waals surface area contributed by atoms with Crippen LogP contribution in [0.2, 0.25) is 0 Å². The van der Waals surface area contributed by atoms with E-state index in [1.807, 2.05) is 11.8 Å². The monoisotopic (exact) mass is 778 g/mol. The molecule has 0 N–H and O–H groups in total. The lowest BCUT2D eigenvalue weighted by Crippen LogP contribution is -2.12. The summed E-state index contributed by atoms with van der Waals surface area (Å²) in [5.41, 5.74) is 16.1. The van der Waals surface area contributed by atoms with E-state index < -0.39 is 0 Å². The molecule has 280 valence electrons. The molecule has 1 aliphatic carbocycles. The van der Waals surface area contributed by atoms with Gasteiger partial charge < -0.3 is 0 Å². The number of hydrogen-bond donors (Lipinski definition) is 0. The van der Waals surface area contributed by atoms with E-state index in [0.29, 0.717) is 0 Å². The van der Waals surface area contributed by atoms with Crippen molar-refractivity contribution >= 4 is 65.6 Å². The lowest BCUT2D eigenvalue weighted by Gasteiger charge is -2.29. The molecule has 0 saturated carbocycles. The van der Waals surface area contributed by atoms with E-state index >= 15 is 0 Å². The number of thioether (sulfide) groups is 1. The molecule has 0 spiro atoms. The Bertz CT molecular complexity index is 3560. The van der Waals surface area contributed by atoms with E-state index in [1.165, 1.54) is 126 Å². The second-order valence-corrected chi connectivity index (χ2v) is 17.7. The molecule has 1 unspecified atom stereocenters. The second-order valence-electron chi connectivity index (χ2n) is 16.6. The van der Waals surface area contributed by atoms with Gasteiger partial charge in [-0.25, -0.2) is 0 Å².